The van der Waals surface area contributed by atoms with Crippen LogP contribution < -0.4 is 5.32 Å². The molecule has 7 nitrogen and oxygen atoms in total. The van der Waals surface area contributed by atoms with E-state index in [-0.39, 0.29) is 24.4 Å². The number of urea groups is 1. The molecule has 1 saturated heterocycles. The minimum absolute atomic E-state index is 0.0759. The Bertz CT molecular complexity index is 521. The number of aromatic nitrogens is 1. The number of nitrogens with zero attached hydrogens (tertiary/aromatic N) is 3. The van der Waals surface area contributed by atoms with E-state index in [0.29, 0.717) is 32.7 Å². The van der Waals surface area contributed by atoms with Crippen molar-refractivity contribution < 1.29 is 14.3 Å². The van der Waals surface area contributed by atoms with Crippen molar-refractivity contribution in [2.75, 3.05) is 40.4 Å². The van der Waals surface area contributed by atoms with Gasteiger partial charge in [-0.2, -0.15) is 0 Å². The fourth-order valence-electron chi connectivity index (χ4n) is 2.49. The smallest absolute Gasteiger partial charge is 0.319 e. The lowest BCUT2D eigenvalue weighted by atomic mass is 10.1. The van der Waals surface area contributed by atoms with Gasteiger partial charge in [0.25, 0.3) is 0 Å². The minimum atomic E-state index is -0.214. The first-order chi connectivity index (χ1) is 11.1. The largest absolute Gasteiger partial charge is 0.377 e. The molecule has 0 saturated carbocycles. The lowest BCUT2D eigenvalue weighted by Gasteiger charge is -2.36. The molecule has 1 aromatic rings. The summed E-state index contributed by atoms with van der Waals surface area (Å²) in [5, 5.41) is 2.88. The van der Waals surface area contributed by atoms with Crippen molar-refractivity contribution in [2.45, 2.75) is 18.9 Å². The van der Waals surface area contributed by atoms with Gasteiger partial charge in [0, 0.05) is 51.9 Å². The molecule has 1 aliphatic rings. The molecule has 1 atom stereocenters. The van der Waals surface area contributed by atoms with E-state index in [9.17, 15) is 9.59 Å². The Balaban J connectivity index is 1.79. The molecule has 0 spiro atoms. The summed E-state index contributed by atoms with van der Waals surface area (Å²) in [7, 11) is 3.42. The number of carbonyl (C=O) groups excluding carboxylic acids is 2. The van der Waals surface area contributed by atoms with Crippen LogP contribution in [0.2, 0.25) is 0 Å². The number of pyridine rings is 1. The minimum Gasteiger partial charge on any atom is -0.377 e. The second kappa shape index (κ2) is 8.47. The van der Waals surface area contributed by atoms with Gasteiger partial charge in [-0.3, -0.25) is 9.78 Å². The van der Waals surface area contributed by atoms with Gasteiger partial charge in [-0.1, -0.05) is 6.07 Å². The number of ether oxygens (including phenoxy) is 1. The molecular formula is C16H24N4O3. The number of morpholine rings is 1. The Labute approximate surface area is 136 Å². The van der Waals surface area contributed by atoms with Crippen LogP contribution in [0.25, 0.3) is 0 Å². The summed E-state index contributed by atoms with van der Waals surface area (Å²) >= 11 is 0. The zero-order valence-electron chi connectivity index (χ0n) is 13.7. The van der Waals surface area contributed by atoms with Crippen molar-refractivity contribution in [1.29, 1.82) is 0 Å². The van der Waals surface area contributed by atoms with Crippen molar-refractivity contribution in [3.8, 4) is 0 Å². The second-order valence-corrected chi connectivity index (χ2v) is 5.72. The van der Waals surface area contributed by atoms with Crippen LogP contribution in [0.15, 0.2) is 24.4 Å². The molecule has 0 aromatic carbocycles. The average Bonchev–Trinajstić information content (AvgIpc) is 2.55. The fraction of sp³-hybridized carbons (Fsp3) is 0.562. The van der Waals surface area contributed by atoms with E-state index in [1.165, 1.54) is 4.90 Å². The summed E-state index contributed by atoms with van der Waals surface area (Å²) in [4.78, 5) is 31.7. The van der Waals surface area contributed by atoms with E-state index in [1.54, 1.807) is 25.2 Å². The highest BCUT2D eigenvalue weighted by Crippen LogP contribution is 2.12. The first-order valence-corrected chi connectivity index (χ1v) is 7.80. The van der Waals surface area contributed by atoms with Gasteiger partial charge < -0.3 is 19.9 Å². The van der Waals surface area contributed by atoms with E-state index in [4.69, 9.17) is 4.74 Å². The average molecular weight is 320 g/mol. The van der Waals surface area contributed by atoms with Crippen LogP contribution in [0.3, 0.4) is 0 Å². The third kappa shape index (κ3) is 5.21. The van der Waals surface area contributed by atoms with Crippen molar-refractivity contribution >= 4 is 11.9 Å². The number of amides is 3. The molecule has 23 heavy (non-hydrogen) atoms. The standard InChI is InChI=1S/C16H24N4O3/c1-19(2)16(22)20-9-10-23-12-14(20)11-15(21)18-8-6-13-5-3-4-7-17-13/h3-5,7,14H,6,8-12H2,1-2H3,(H,18,21)/t14-/m1/s1. The predicted octanol–water partition coefficient (Wildman–Crippen LogP) is 0.513. The highest BCUT2D eigenvalue weighted by atomic mass is 16.5. The highest BCUT2D eigenvalue weighted by Gasteiger charge is 2.29. The third-order valence-electron chi connectivity index (χ3n) is 3.71. The summed E-state index contributed by atoms with van der Waals surface area (Å²) in [6.45, 7) is 1.96. The van der Waals surface area contributed by atoms with Gasteiger partial charge in [-0.15, -0.1) is 0 Å². The molecule has 2 heterocycles. The van der Waals surface area contributed by atoms with E-state index in [1.807, 2.05) is 18.2 Å². The Kier molecular flexibility index (Phi) is 6.34. The summed E-state index contributed by atoms with van der Waals surface area (Å²) < 4.78 is 5.41. The highest BCUT2D eigenvalue weighted by molar-refractivity contribution is 5.79. The molecule has 1 N–H and O–H groups in total. The summed E-state index contributed by atoms with van der Waals surface area (Å²) in [5.41, 5.74) is 0.943. The quantitative estimate of drug-likeness (QED) is 0.858. The van der Waals surface area contributed by atoms with Gasteiger partial charge in [-0.25, -0.2) is 4.79 Å². The molecular weight excluding hydrogens is 296 g/mol. The molecule has 1 fully saturated rings. The van der Waals surface area contributed by atoms with E-state index >= 15 is 0 Å². The van der Waals surface area contributed by atoms with Crippen LogP contribution in [0.4, 0.5) is 4.79 Å². The maximum absolute atomic E-state index is 12.1. The number of rotatable bonds is 5. The maximum Gasteiger partial charge on any atom is 0.319 e. The summed E-state index contributed by atoms with van der Waals surface area (Å²) in [6.07, 6.45) is 2.68. The van der Waals surface area contributed by atoms with Crippen molar-refractivity contribution in [3.05, 3.63) is 30.1 Å². The van der Waals surface area contributed by atoms with Crippen LogP contribution in [0.5, 0.6) is 0 Å². The Morgan fingerprint density at radius 2 is 2.26 bits per heavy atom. The molecule has 1 aliphatic heterocycles. The van der Waals surface area contributed by atoms with E-state index in [2.05, 4.69) is 10.3 Å². The molecule has 3 amide bonds. The topological polar surface area (TPSA) is 74.8 Å². The van der Waals surface area contributed by atoms with E-state index in [0.717, 1.165) is 5.69 Å². The van der Waals surface area contributed by atoms with Crippen molar-refractivity contribution in [1.82, 2.24) is 20.1 Å². The first-order valence-electron chi connectivity index (χ1n) is 7.80. The van der Waals surface area contributed by atoms with Gasteiger partial charge in [-0.05, 0) is 12.1 Å². The Hall–Kier alpha value is -2.15. The monoisotopic (exact) mass is 320 g/mol. The van der Waals surface area contributed by atoms with Crippen molar-refractivity contribution in [3.63, 3.8) is 0 Å². The molecule has 0 radical (unpaired) electrons. The molecule has 0 bridgehead atoms. The number of carbonyl (C=O) groups is 2. The third-order valence-corrected chi connectivity index (χ3v) is 3.71. The molecule has 0 aliphatic carbocycles. The lowest BCUT2D eigenvalue weighted by molar-refractivity contribution is -0.123. The van der Waals surface area contributed by atoms with Crippen LogP contribution >= 0.6 is 0 Å². The predicted molar refractivity (Wildman–Crippen MR) is 86.0 cm³/mol. The Morgan fingerprint density at radius 3 is 2.96 bits per heavy atom. The van der Waals surface area contributed by atoms with Gasteiger partial charge in [0.2, 0.25) is 5.91 Å². The normalized spacial score (nSPS) is 17.7. The fourth-order valence-corrected chi connectivity index (χ4v) is 2.49. The second-order valence-electron chi connectivity index (χ2n) is 5.72. The zero-order chi connectivity index (χ0) is 16.7. The summed E-state index contributed by atoms with van der Waals surface area (Å²) in [6, 6.07) is 5.42. The Morgan fingerprint density at radius 1 is 1.43 bits per heavy atom. The molecule has 1 aromatic heterocycles. The molecule has 7 heteroatoms. The zero-order valence-corrected chi connectivity index (χ0v) is 13.7. The molecule has 2 rings (SSSR count). The van der Waals surface area contributed by atoms with Crippen molar-refractivity contribution in [2.24, 2.45) is 0 Å². The summed E-state index contributed by atoms with van der Waals surface area (Å²) in [5.74, 6) is -0.0759. The number of hydrogen-bond donors (Lipinski definition) is 1. The number of nitrogens with one attached hydrogen (secondary N) is 1. The molecule has 0 unspecified atom stereocenters. The van der Waals surface area contributed by atoms with Crippen LogP contribution in [0, 0.1) is 0 Å². The van der Waals surface area contributed by atoms with Crippen LogP contribution in [-0.4, -0.2) is 73.2 Å². The van der Waals surface area contributed by atoms with Crippen LogP contribution in [-0.2, 0) is 16.0 Å². The van der Waals surface area contributed by atoms with E-state index < -0.39 is 0 Å². The molecule has 126 valence electrons. The lowest BCUT2D eigenvalue weighted by Crippen LogP contribution is -2.53. The maximum atomic E-state index is 12.1. The first kappa shape index (κ1) is 17.2. The van der Waals surface area contributed by atoms with Gasteiger partial charge in [0.1, 0.15) is 0 Å². The SMILES string of the molecule is CN(C)C(=O)N1CCOC[C@H]1CC(=O)NCCc1ccccn1. The van der Waals surface area contributed by atoms with Gasteiger partial charge >= 0.3 is 6.03 Å². The van der Waals surface area contributed by atoms with Gasteiger partial charge in [0.05, 0.1) is 19.3 Å². The van der Waals surface area contributed by atoms with Gasteiger partial charge in [0.15, 0.2) is 0 Å². The van der Waals surface area contributed by atoms with Crippen LogP contribution in [0.1, 0.15) is 12.1 Å². The number of hydrogen-bond acceptors (Lipinski definition) is 4.